The van der Waals surface area contributed by atoms with Crippen LogP contribution in [0.2, 0.25) is 0 Å². The SMILES string of the molecule is CN(CCO)C(C#N)c1ccc(F)c(Br)c1. The number of nitriles is 1. The molecule has 1 unspecified atom stereocenters. The lowest BCUT2D eigenvalue weighted by Gasteiger charge is -2.21. The molecule has 3 nitrogen and oxygen atoms in total. The van der Waals surface area contributed by atoms with Crippen LogP contribution in [0.3, 0.4) is 0 Å². The normalized spacial score (nSPS) is 12.5. The van der Waals surface area contributed by atoms with Crippen LogP contribution in [0.25, 0.3) is 0 Å². The summed E-state index contributed by atoms with van der Waals surface area (Å²) in [7, 11) is 1.74. The Hall–Kier alpha value is -0.960. The van der Waals surface area contributed by atoms with Gasteiger partial charge in [0.25, 0.3) is 0 Å². The third-order valence-electron chi connectivity index (χ3n) is 2.28. The standard InChI is InChI=1S/C11H12BrFN2O/c1-15(4-5-16)11(7-14)8-2-3-10(13)9(12)6-8/h2-3,6,11,16H,4-5H2,1H3. The van der Waals surface area contributed by atoms with E-state index in [4.69, 9.17) is 10.4 Å². The van der Waals surface area contributed by atoms with E-state index < -0.39 is 6.04 Å². The average molecular weight is 287 g/mol. The molecule has 0 aromatic heterocycles. The van der Waals surface area contributed by atoms with Gasteiger partial charge in [0.15, 0.2) is 0 Å². The lowest BCUT2D eigenvalue weighted by Crippen LogP contribution is -2.26. The van der Waals surface area contributed by atoms with Gasteiger partial charge in [-0.2, -0.15) is 5.26 Å². The van der Waals surface area contributed by atoms with Gasteiger partial charge in [-0.25, -0.2) is 4.39 Å². The highest BCUT2D eigenvalue weighted by Crippen LogP contribution is 2.24. The second kappa shape index (κ2) is 5.94. The summed E-state index contributed by atoms with van der Waals surface area (Å²) >= 11 is 3.08. The van der Waals surface area contributed by atoms with Crippen molar-refractivity contribution in [3.05, 3.63) is 34.1 Å². The molecule has 1 atom stereocenters. The highest BCUT2D eigenvalue weighted by molar-refractivity contribution is 9.10. The largest absolute Gasteiger partial charge is 0.395 e. The first-order chi connectivity index (χ1) is 7.60. The Balaban J connectivity index is 2.96. The molecule has 0 fully saturated rings. The van der Waals surface area contributed by atoms with Crippen molar-refractivity contribution in [3.8, 4) is 6.07 Å². The number of aliphatic hydroxyl groups excluding tert-OH is 1. The molecule has 0 aliphatic heterocycles. The third kappa shape index (κ3) is 3.01. The van der Waals surface area contributed by atoms with Crippen molar-refractivity contribution in [1.29, 1.82) is 5.26 Å². The number of nitrogens with zero attached hydrogens (tertiary/aromatic N) is 2. The Labute approximate surface area is 102 Å². The summed E-state index contributed by atoms with van der Waals surface area (Å²) in [6, 6.07) is 6.11. The predicted octanol–water partition coefficient (Wildman–Crippen LogP) is 2.08. The van der Waals surface area contributed by atoms with E-state index >= 15 is 0 Å². The molecule has 0 spiro atoms. The summed E-state index contributed by atoms with van der Waals surface area (Å²) in [5.74, 6) is -0.356. The van der Waals surface area contributed by atoms with E-state index in [2.05, 4.69) is 22.0 Å². The van der Waals surface area contributed by atoms with Gasteiger partial charge in [-0.1, -0.05) is 6.07 Å². The quantitative estimate of drug-likeness (QED) is 0.922. The van der Waals surface area contributed by atoms with Crippen molar-refractivity contribution in [2.45, 2.75) is 6.04 Å². The molecule has 0 saturated carbocycles. The molecular weight excluding hydrogens is 275 g/mol. The van der Waals surface area contributed by atoms with Crippen molar-refractivity contribution in [2.75, 3.05) is 20.2 Å². The van der Waals surface area contributed by atoms with Gasteiger partial charge in [0.05, 0.1) is 17.1 Å². The third-order valence-corrected chi connectivity index (χ3v) is 2.88. The van der Waals surface area contributed by atoms with Crippen molar-refractivity contribution < 1.29 is 9.50 Å². The minimum atomic E-state index is -0.482. The van der Waals surface area contributed by atoms with Gasteiger partial charge in [0, 0.05) is 6.54 Å². The zero-order valence-corrected chi connectivity index (χ0v) is 10.4. The first-order valence-corrected chi connectivity index (χ1v) is 5.55. The number of hydrogen-bond acceptors (Lipinski definition) is 3. The molecule has 0 bridgehead atoms. The second-order valence-electron chi connectivity index (χ2n) is 3.41. The Morgan fingerprint density at radius 3 is 2.81 bits per heavy atom. The topological polar surface area (TPSA) is 47.3 Å². The van der Waals surface area contributed by atoms with E-state index in [-0.39, 0.29) is 12.4 Å². The van der Waals surface area contributed by atoms with E-state index in [1.54, 1.807) is 24.1 Å². The molecule has 16 heavy (non-hydrogen) atoms. The molecule has 0 aliphatic carbocycles. The van der Waals surface area contributed by atoms with Gasteiger partial charge < -0.3 is 5.11 Å². The van der Waals surface area contributed by atoms with Crippen LogP contribution in [0.4, 0.5) is 4.39 Å². The van der Waals surface area contributed by atoms with E-state index in [9.17, 15) is 4.39 Å². The monoisotopic (exact) mass is 286 g/mol. The van der Waals surface area contributed by atoms with Gasteiger partial charge in [-0.3, -0.25) is 4.90 Å². The predicted molar refractivity (Wildman–Crippen MR) is 62.2 cm³/mol. The number of rotatable bonds is 4. The maximum atomic E-state index is 13.0. The first kappa shape index (κ1) is 13.1. The Bertz CT molecular complexity index is 405. The molecule has 0 amide bonds. The minimum absolute atomic E-state index is 0.0168. The maximum Gasteiger partial charge on any atom is 0.137 e. The van der Waals surface area contributed by atoms with Crippen molar-refractivity contribution in [3.63, 3.8) is 0 Å². The van der Waals surface area contributed by atoms with Crippen LogP contribution in [0.15, 0.2) is 22.7 Å². The van der Waals surface area contributed by atoms with Gasteiger partial charge in [-0.15, -0.1) is 0 Å². The number of benzene rings is 1. The fraction of sp³-hybridized carbons (Fsp3) is 0.364. The fourth-order valence-corrected chi connectivity index (χ4v) is 1.79. The van der Waals surface area contributed by atoms with Gasteiger partial charge in [0.2, 0.25) is 0 Å². The van der Waals surface area contributed by atoms with Crippen LogP contribution in [0, 0.1) is 17.1 Å². The molecule has 1 aromatic rings. The van der Waals surface area contributed by atoms with Gasteiger partial charge in [-0.05, 0) is 40.7 Å². The number of aliphatic hydroxyl groups is 1. The molecule has 5 heteroatoms. The van der Waals surface area contributed by atoms with Crippen LogP contribution < -0.4 is 0 Å². The number of hydrogen-bond donors (Lipinski definition) is 1. The highest BCUT2D eigenvalue weighted by Gasteiger charge is 2.16. The summed E-state index contributed by atoms with van der Waals surface area (Å²) in [6.45, 7) is 0.379. The summed E-state index contributed by atoms with van der Waals surface area (Å²) in [5, 5.41) is 17.9. The van der Waals surface area contributed by atoms with E-state index in [1.165, 1.54) is 6.07 Å². The Morgan fingerprint density at radius 2 is 2.31 bits per heavy atom. The number of likely N-dealkylation sites (N-methyl/N-ethyl adjacent to an activating group) is 1. The first-order valence-electron chi connectivity index (χ1n) is 4.75. The summed E-state index contributed by atoms with van der Waals surface area (Å²) < 4.78 is 13.4. The molecule has 1 aromatic carbocycles. The molecule has 0 radical (unpaired) electrons. The van der Waals surface area contributed by atoms with Gasteiger partial charge in [0.1, 0.15) is 11.9 Å². The second-order valence-corrected chi connectivity index (χ2v) is 4.26. The zero-order chi connectivity index (χ0) is 12.1. The van der Waals surface area contributed by atoms with Crippen LogP contribution in [-0.4, -0.2) is 30.2 Å². The molecule has 1 rings (SSSR count). The fourth-order valence-electron chi connectivity index (χ4n) is 1.40. The van der Waals surface area contributed by atoms with Crippen LogP contribution in [0.1, 0.15) is 11.6 Å². The number of halogens is 2. The van der Waals surface area contributed by atoms with Crippen LogP contribution >= 0.6 is 15.9 Å². The molecule has 0 aliphatic rings. The van der Waals surface area contributed by atoms with Crippen LogP contribution in [-0.2, 0) is 0 Å². The van der Waals surface area contributed by atoms with Crippen LogP contribution in [0.5, 0.6) is 0 Å². The molecular formula is C11H12BrFN2O. The van der Waals surface area contributed by atoms with Gasteiger partial charge >= 0.3 is 0 Å². The smallest absolute Gasteiger partial charge is 0.137 e. The maximum absolute atomic E-state index is 13.0. The van der Waals surface area contributed by atoms with E-state index in [1.807, 2.05) is 0 Å². The lowest BCUT2D eigenvalue weighted by atomic mass is 10.1. The minimum Gasteiger partial charge on any atom is -0.395 e. The van der Waals surface area contributed by atoms with Crippen molar-refractivity contribution >= 4 is 15.9 Å². The Kier molecular flexibility index (Phi) is 4.87. The van der Waals surface area contributed by atoms with E-state index in [0.29, 0.717) is 16.6 Å². The van der Waals surface area contributed by atoms with Crippen molar-refractivity contribution in [1.82, 2.24) is 4.90 Å². The lowest BCUT2D eigenvalue weighted by molar-refractivity contribution is 0.203. The Morgan fingerprint density at radius 1 is 1.62 bits per heavy atom. The highest BCUT2D eigenvalue weighted by atomic mass is 79.9. The summed E-state index contributed by atoms with van der Waals surface area (Å²) in [4.78, 5) is 1.71. The zero-order valence-electron chi connectivity index (χ0n) is 8.82. The average Bonchev–Trinajstić information content (AvgIpc) is 2.25. The summed E-state index contributed by atoms with van der Waals surface area (Å²) in [5.41, 5.74) is 0.701. The van der Waals surface area contributed by atoms with Crippen molar-refractivity contribution in [2.24, 2.45) is 0 Å². The molecule has 1 N–H and O–H groups in total. The molecule has 0 heterocycles. The molecule has 86 valence electrons. The van der Waals surface area contributed by atoms with E-state index in [0.717, 1.165) is 0 Å². The molecule has 0 saturated heterocycles. The summed E-state index contributed by atoms with van der Waals surface area (Å²) in [6.07, 6.45) is 0.